The van der Waals surface area contributed by atoms with Crippen LogP contribution >= 0.6 is 0 Å². The van der Waals surface area contributed by atoms with Crippen LogP contribution in [-0.4, -0.2) is 28.0 Å². The van der Waals surface area contributed by atoms with Crippen molar-refractivity contribution in [2.45, 2.75) is 18.7 Å². The SMILES string of the molecule is CCN(c1cccc(OC)c1)S(=O)(=O)c1ccc(NC(C)=O)cc1. The zero-order valence-electron chi connectivity index (χ0n) is 13.8. The number of nitrogens with zero attached hydrogens (tertiary/aromatic N) is 1. The molecule has 0 saturated carbocycles. The number of ether oxygens (including phenoxy) is 1. The van der Waals surface area contributed by atoms with Crippen LogP contribution in [0.1, 0.15) is 13.8 Å². The van der Waals surface area contributed by atoms with E-state index in [1.807, 2.05) is 0 Å². The number of amides is 1. The Kier molecular flexibility index (Phi) is 5.46. The predicted octanol–water partition coefficient (Wildman–Crippen LogP) is 2.87. The third kappa shape index (κ3) is 3.86. The van der Waals surface area contributed by atoms with Crippen LogP contribution < -0.4 is 14.4 Å². The summed E-state index contributed by atoms with van der Waals surface area (Å²) < 4.78 is 32.3. The van der Waals surface area contributed by atoms with Crippen molar-refractivity contribution in [3.8, 4) is 5.75 Å². The summed E-state index contributed by atoms with van der Waals surface area (Å²) >= 11 is 0. The van der Waals surface area contributed by atoms with Gasteiger partial charge in [-0.1, -0.05) is 6.07 Å². The number of hydrogen-bond acceptors (Lipinski definition) is 4. The molecule has 0 saturated heterocycles. The van der Waals surface area contributed by atoms with Gasteiger partial charge in [-0.3, -0.25) is 9.10 Å². The van der Waals surface area contributed by atoms with E-state index in [-0.39, 0.29) is 17.3 Å². The highest BCUT2D eigenvalue weighted by Gasteiger charge is 2.23. The second kappa shape index (κ2) is 7.35. The Morgan fingerprint density at radius 2 is 1.83 bits per heavy atom. The van der Waals surface area contributed by atoms with Gasteiger partial charge in [-0.05, 0) is 43.3 Å². The number of anilines is 2. The smallest absolute Gasteiger partial charge is 0.264 e. The Hall–Kier alpha value is -2.54. The fourth-order valence-electron chi connectivity index (χ4n) is 2.30. The van der Waals surface area contributed by atoms with Crippen molar-refractivity contribution in [1.82, 2.24) is 0 Å². The van der Waals surface area contributed by atoms with Gasteiger partial charge in [0.25, 0.3) is 10.0 Å². The molecule has 0 aliphatic rings. The molecular weight excluding hydrogens is 328 g/mol. The van der Waals surface area contributed by atoms with Gasteiger partial charge in [-0.25, -0.2) is 8.42 Å². The molecule has 0 spiro atoms. The van der Waals surface area contributed by atoms with Gasteiger partial charge in [0.15, 0.2) is 0 Å². The molecule has 1 amide bonds. The number of benzene rings is 2. The number of carbonyl (C=O) groups is 1. The summed E-state index contributed by atoms with van der Waals surface area (Å²) in [6.45, 7) is 3.44. The second-order valence-electron chi connectivity index (χ2n) is 5.08. The lowest BCUT2D eigenvalue weighted by atomic mass is 10.3. The Morgan fingerprint density at radius 1 is 1.17 bits per heavy atom. The molecule has 0 aromatic heterocycles. The highest BCUT2D eigenvalue weighted by Crippen LogP contribution is 2.27. The van der Waals surface area contributed by atoms with Gasteiger partial charge >= 0.3 is 0 Å². The van der Waals surface area contributed by atoms with Gasteiger partial charge in [-0.2, -0.15) is 0 Å². The molecule has 2 rings (SSSR count). The van der Waals surface area contributed by atoms with Crippen LogP contribution in [0, 0.1) is 0 Å². The van der Waals surface area contributed by atoms with E-state index in [9.17, 15) is 13.2 Å². The van der Waals surface area contributed by atoms with Crippen molar-refractivity contribution >= 4 is 27.3 Å². The lowest BCUT2D eigenvalue weighted by Crippen LogP contribution is -2.30. The molecule has 0 bridgehead atoms. The fraction of sp³-hybridized carbons (Fsp3) is 0.235. The summed E-state index contributed by atoms with van der Waals surface area (Å²) in [6.07, 6.45) is 0. The highest BCUT2D eigenvalue weighted by atomic mass is 32.2. The molecule has 24 heavy (non-hydrogen) atoms. The summed E-state index contributed by atoms with van der Waals surface area (Å²) in [7, 11) is -2.18. The van der Waals surface area contributed by atoms with Crippen LogP contribution in [0.5, 0.6) is 5.75 Å². The molecular formula is C17H20N2O4S. The number of sulfonamides is 1. The van der Waals surface area contributed by atoms with Crippen LogP contribution in [0.15, 0.2) is 53.4 Å². The Bertz CT molecular complexity index is 817. The summed E-state index contributed by atoms with van der Waals surface area (Å²) in [5, 5.41) is 2.61. The first-order valence-electron chi connectivity index (χ1n) is 7.43. The predicted molar refractivity (Wildman–Crippen MR) is 93.9 cm³/mol. The molecule has 1 N–H and O–H groups in total. The summed E-state index contributed by atoms with van der Waals surface area (Å²) in [6, 6.07) is 13.0. The highest BCUT2D eigenvalue weighted by molar-refractivity contribution is 7.92. The Labute approximate surface area is 142 Å². The summed E-state index contributed by atoms with van der Waals surface area (Å²) in [4.78, 5) is 11.2. The Balaban J connectivity index is 2.37. The normalized spacial score (nSPS) is 11.0. The van der Waals surface area contributed by atoms with Crippen molar-refractivity contribution in [2.75, 3.05) is 23.3 Å². The quantitative estimate of drug-likeness (QED) is 0.871. The van der Waals surface area contributed by atoms with E-state index >= 15 is 0 Å². The number of carbonyl (C=O) groups excluding carboxylic acids is 1. The van der Waals surface area contributed by atoms with E-state index in [0.717, 1.165) is 0 Å². The molecule has 6 nitrogen and oxygen atoms in total. The zero-order chi connectivity index (χ0) is 17.7. The van der Waals surface area contributed by atoms with Gasteiger partial charge in [0.05, 0.1) is 17.7 Å². The standard InChI is InChI=1S/C17H20N2O4S/c1-4-19(15-6-5-7-16(12-15)23-3)24(21,22)17-10-8-14(9-11-17)18-13(2)20/h5-12H,4H2,1-3H3,(H,18,20). The third-order valence-corrected chi connectivity index (χ3v) is 5.31. The number of hydrogen-bond donors (Lipinski definition) is 1. The maximum absolute atomic E-state index is 12.9. The lowest BCUT2D eigenvalue weighted by Gasteiger charge is -2.23. The van der Waals surface area contributed by atoms with Crippen LogP contribution in [0.3, 0.4) is 0 Å². The molecule has 0 unspecified atom stereocenters. The minimum absolute atomic E-state index is 0.154. The molecule has 0 aliphatic carbocycles. The average molecular weight is 348 g/mol. The number of methoxy groups -OCH3 is 1. The molecule has 0 atom stereocenters. The van der Waals surface area contributed by atoms with Crippen LogP contribution in [-0.2, 0) is 14.8 Å². The van der Waals surface area contributed by atoms with Crippen molar-refractivity contribution in [3.63, 3.8) is 0 Å². The Morgan fingerprint density at radius 3 is 2.38 bits per heavy atom. The minimum Gasteiger partial charge on any atom is -0.497 e. The maximum Gasteiger partial charge on any atom is 0.264 e. The minimum atomic E-state index is -3.71. The van der Waals surface area contributed by atoms with E-state index in [4.69, 9.17) is 4.74 Å². The molecule has 0 heterocycles. The van der Waals surface area contributed by atoms with E-state index < -0.39 is 10.0 Å². The summed E-state index contributed by atoms with van der Waals surface area (Å²) in [5.74, 6) is 0.374. The molecule has 128 valence electrons. The first-order valence-corrected chi connectivity index (χ1v) is 8.87. The number of nitrogens with one attached hydrogen (secondary N) is 1. The van der Waals surface area contributed by atoms with Gasteiger partial charge in [0.1, 0.15) is 5.75 Å². The van der Waals surface area contributed by atoms with Crippen molar-refractivity contribution in [1.29, 1.82) is 0 Å². The molecule has 2 aromatic carbocycles. The van der Waals surface area contributed by atoms with Gasteiger partial charge in [0.2, 0.25) is 5.91 Å². The average Bonchev–Trinajstić information content (AvgIpc) is 2.55. The molecule has 2 aromatic rings. The first kappa shape index (κ1) is 17.8. The van der Waals surface area contributed by atoms with E-state index in [0.29, 0.717) is 17.1 Å². The monoisotopic (exact) mass is 348 g/mol. The first-order chi connectivity index (χ1) is 11.4. The van der Waals surface area contributed by atoms with E-state index in [1.165, 1.54) is 30.5 Å². The maximum atomic E-state index is 12.9. The topological polar surface area (TPSA) is 75.7 Å². The summed E-state index contributed by atoms with van der Waals surface area (Å²) in [5.41, 5.74) is 1.08. The molecule has 0 fully saturated rings. The van der Waals surface area contributed by atoms with Crippen molar-refractivity contribution in [3.05, 3.63) is 48.5 Å². The van der Waals surface area contributed by atoms with Gasteiger partial charge < -0.3 is 10.1 Å². The van der Waals surface area contributed by atoms with E-state index in [2.05, 4.69) is 5.32 Å². The molecule has 7 heteroatoms. The zero-order valence-corrected chi connectivity index (χ0v) is 14.6. The molecule has 0 aliphatic heterocycles. The fourth-order valence-corrected chi connectivity index (χ4v) is 3.76. The van der Waals surface area contributed by atoms with Crippen molar-refractivity contribution < 1.29 is 17.9 Å². The van der Waals surface area contributed by atoms with Gasteiger partial charge in [-0.15, -0.1) is 0 Å². The second-order valence-corrected chi connectivity index (χ2v) is 6.94. The van der Waals surface area contributed by atoms with Crippen LogP contribution in [0.4, 0.5) is 11.4 Å². The lowest BCUT2D eigenvalue weighted by molar-refractivity contribution is -0.114. The third-order valence-electron chi connectivity index (χ3n) is 3.39. The largest absolute Gasteiger partial charge is 0.497 e. The van der Waals surface area contributed by atoms with Crippen LogP contribution in [0.2, 0.25) is 0 Å². The molecule has 0 radical (unpaired) electrons. The van der Waals surface area contributed by atoms with E-state index in [1.54, 1.807) is 43.3 Å². The number of rotatable bonds is 6. The van der Waals surface area contributed by atoms with Crippen LogP contribution in [0.25, 0.3) is 0 Å². The van der Waals surface area contributed by atoms with Crippen molar-refractivity contribution in [2.24, 2.45) is 0 Å². The van der Waals surface area contributed by atoms with Gasteiger partial charge in [0, 0.05) is 25.2 Å².